The summed E-state index contributed by atoms with van der Waals surface area (Å²) < 4.78 is 0. The molecular weight excluding hydrogens is 148 g/mol. The molecule has 70 valence electrons. The minimum Gasteiger partial charge on any atom is -0.324 e. The number of likely N-dealkylation sites (tertiary alicyclic amines) is 1. The third-order valence-corrected chi connectivity index (χ3v) is 3.65. The van der Waals surface area contributed by atoms with Crippen LogP contribution < -0.4 is 5.73 Å². The van der Waals surface area contributed by atoms with Gasteiger partial charge in [0.15, 0.2) is 0 Å². The first kappa shape index (κ1) is 8.52. The van der Waals surface area contributed by atoms with Crippen LogP contribution in [0.1, 0.15) is 33.6 Å². The Kier molecular flexibility index (Phi) is 1.59. The van der Waals surface area contributed by atoms with E-state index in [1.54, 1.807) is 0 Å². The van der Waals surface area contributed by atoms with E-state index in [0.29, 0.717) is 5.54 Å². The predicted molar refractivity (Wildman–Crippen MR) is 51.0 cm³/mol. The molecule has 2 rings (SSSR count). The largest absolute Gasteiger partial charge is 0.324 e. The van der Waals surface area contributed by atoms with E-state index in [-0.39, 0.29) is 5.54 Å². The molecule has 2 heteroatoms. The Bertz CT molecular complexity index is 195. The van der Waals surface area contributed by atoms with E-state index >= 15 is 0 Å². The molecule has 0 aromatic rings. The number of rotatable bonds is 0. The van der Waals surface area contributed by atoms with E-state index in [1.807, 2.05) is 0 Å². The van der Waals surface area contributed by atoms with Crippen LogP contribution in [0.5, 0.6) is 0 Å². The maximum Gasteiger partial charge on any atom is 0.0324 e. The van der Waals surface area contributed by atoms with Crippen LogP contribution in [0.15, 0.2) is 0 Å². The molecule has 1 aliphatic heterocycles. The zero-order valence-electron chi connectivity index (χ0n) is 8.43. The molecule has 1 saturated heterocycles. The van der Waals surface area contributed by atoms with Gasteiger partial charge in [-0.3, -0.25) is 4.90 Å². The van der Waals surface area contributed by atoms with Gasteiger partial charge in [-0.25, -0.2) is 0 Å². The number of nitrogens with two attached hydrogens (primary N) is 1. The first-order chi connectivity index (χ1) is 5.42. The Balaban J connectivity index is 2.07. The summed E-state index contributed by atoms with van der Waals surface area (Å²) in [4.78, 5) is 2.53. The first-order valence-corrected chi connectivity index (χ1v) is 4.96. The lowest BCUT2D eigenvalue weighted by atomic mass is 9.70. The Morgan fingerprint density at radius 1 is 1.42 bits per heavy atom. The van der Waals surface area contributed by atoms with Crippen LogP contribution in [0.2, 0.25) is 0 Å². The van der Waals surface area contributed by atoms with E-state index in [0.717, 1.165) is 12.5 Å². The Morgan fingerprint density at radius 2 is 2.08 bits per heavy atom. The number of hydrogen-bond acceptors (Lipinski definition) is 2. The molecule has 1 saturated carbocycles. The lowest BCUT2D eigenvalue weighted by Gasteiger charge is -2.40. The molecule has 0 aromatic carbocycles. The van der Waals surface area contributed by atoms with Crippen molar-refractivity contribution < 1.29 is 0 Å². The van der Waals surface area contributed by atoms with Gasteiger partial charge >= 0.3 is 0 Å². The van der Waals surface area contributed by atoms with Crippen molar-refractivity contribution in [1.82, 2.24) is 4.90 Å². The topological polar surface area (TPSA) is 29.3 Å². The second-order valence-corrected chi connectivity index (χ2v) is 5.52. The highest BCUT2D eigenvalue weighted by Crippen LogP contribution is 2.44. The normalized spacial score (nSPS) is 42.5. The molecule has 0 amide bonds. The van der Waals surface area contributed by atoms with Crippen LogP contribution in [-0.4, -0.2) is 29.1 Å². The first-order valence-electron chi connectivity index (χ1n) is 4.96. The molecule has 2 unspecified atom stereocenters. The van der Waals surface area contributed by atoms with Gasteiger partial charge in [-0.05, 0) is 39.5 Å². The van der Waals surface area contributed by atoms with Gasteiger partial charge in [0, 0.05) is 24.2 Å². The fourth-order valence-corrected chi connectivity index (χ4v) is 2.40. The van der Waals surface area contributed by atoms with Crippen LogP contribution in [-0.2, 0) is 0 Å². The summed E-state index contributed by atoms with van der Waals surface area (Å²) in [6.45, 7) is 9.17. The molecule has 2 fully saturated rings. The summed E-state index contributed by atoms with van der Waals surface area (Å²) in [6.07, 6.45) is 2.59. The third-order valence-electron chi connectivity index (χ3n) is 3.65. The van der Waals surface area contributed by atoms with Crippen molar-refractivity contribution >= 4 is 0 Å². The summed E-state index contributed by atoms with van der Waals surface area (Å²) in [5.41, 5.74) is 6.75. The van der Waals surface area contributed by atoms with E-state index in [4.69, 9.17) is 5.73 Å². The van der Waals surface area contributed by atoms with Crippen LogP contribution in [0, 0.1) is 5.92 Å². The predicted octanol–water partition coefficient (Wildman–Crippen LogP) is 1.21. The van der Waals surface area contributed by atoms with Crippen molar-refractivity contribution in [2.75, 3.05) is 13.1 Å². The molecule has 2 aliphatic rings. The molecule has 2 nitrogen and oxygen atoms in total. The Morgan fingerprint density at radius 3 is 2.33 bits per heavy atom. The average Bonchev–Trinajstić information content (AvgIpc) is 2.11. The quantitative estimate of drug-likeness (QED) is 0.589. The molecule has 0 bridgehead atoms. The fourth-order valence-electron chi connectivity index (χ4n) is 2.40. The highest BCUT2D eigenvalue weighted by atomic mass is 15.3. The van der Waals surface area contributed by atoms with Crippen LogP contribution in [0.25, 0.3) is 0 Å². The smallest absolute Gasteiger partial charge is 0.0324 e. The van der Waals surface area contributed by atoms with Crippen molar-refractivity contribution in [3.8, 4) is 0 Å². The Labute approximate surface area is 75.1 Å². The molecule has 2 N–H and O–H groups in total. The summed E-state index contributed by atoms with van der Waals surface area (Å²) in [5.74, 6) is 0.789. The number of fused-ring (bicyclic) bond motifs is 1. The molecule has 0 spiro atoms. The van der Waals surface area contributed by atoms with Gasteiger partial charge in [0.2, 0.25) is 0 Å². The SMILES string of the molecule is CC(C)(C)N1CC2CCC2(N)C1. The third kappa shape index (κ3) is 1.09. The average molecular weight is 168 g/mol. The lowest BCUT2D eigenvalue weighted by Crippen LogP contribution is -2.55. The van der Waals surface area contributed by atoms with Crippen molar-refractivity contribution in [2.45, 2.75) is 44.7 Å². The molecule has 0 aromatic heterocycles. The molecule has 1 aliphatic carbocycles. The number of nitrogens with zero attached hydrogens (tertiary/aromatic N) is 1. The highest BCUT2D eigenvalue weighted by Gasteiger charge is 2.51. The monoisotopic (exact) mass is 168 g/mol. The van der Waals surface area contributed by atoms with Crippen LogP contribution >= 0.6 is 0 Å². The van der Waals surface area contributed by atoms with E-state index in [2.05, 4.69) is 25.7 Å². The van der Waals surface area contributed by atoms with Gasteiger partial charge in [-0.1, -0.05) is 0 Å². The fraction of sp³-hybridized carbons (Fsp3) is 1.00. The standard InChI is InChI=1S/C10H20N2/c1-9(2,3)12-6-8-4-5-10(8,11)7-12/h8H,4-7,11H2,1-3H3. The van der Waals surface area contributed by atoms with Gasteiger partial charge in [0.05, 0.1) is 0 Å². The molecule has 12 heavy (non-hydrogen) atoms. The molecule has 2 atom stereocenters. The zero-order chi connectivity index (χ0) is 8.98. The van der Waals surface area contributed by atoms with Gasteiger partial charge < -0.3 is 5.73 Å². The van der Waals surface area contributed by atoms with Crippen molar-refractivity contribution in [2.24, 2.45) is 11.7 Å². The van der Waals surface area contributed by atoms with Gasteiger partial charge in [0.1, 0.15) is 0 Å². The van der Waals surface area contributed by atoms with Gasteiger partial charge in [0.25, 0.3) is 0 Å². The van der Waals surface area contributed by atoms with Crippen LogP contribution in [0.4, 0.5) is 0 Å². The Hall–Kier alpha value is -0.0800. The van der Waals surface area contributed by atoms with Crippen LogP contribution in [0.3, 0.4) is 0 Å². The minimum atomic E-state index is 0.188. The zero-order valence-corrected chi connectivity index (χ0v) is 8.43. The van der Waals surface area contributed by atoms with Gasteiger partial charge in [-0.15, -0.1) is 0 Å². The summed E-state index contributed by atoms with van der Waals surface area (Å²) in [7, 11) is 0. The number of hydrogen-bond donors (Lipinski definition) is 1. The minimum absolute atomic E-state index is 0.188. The second-order valence-electron chi connectivity index (χ2n) is 5.52. The lowest BCUT2D eigenvalue weighted by molar-refractivity contribution is 0.164. The van der Waals surface area contributed by atoms with Crippen molar-refractivity contribution in [3.63, 3.8) is 0 Å². The maximum atomic E-state index is 6.25. The van der Waals surface area contributed by atoms with Crippen molar-refractivity contribution in [3.05, 3.63) is 0 Å². The summed E-state index contributed by atoms with van der Waals surface area (Å²) in [5, 5.41) is 0. The van der Waals surface area contributed by atoms with Crippen molar-refractivity contribution in [1.29, 1.82) is 0 Å². The van der Waals surface area contributed by atoms with E-state index in [1.165, 1.54) is 19.4 Å². The highest BCUT2D eigenvalue weighted by molar-refractivity contribution is 5.10. The second kappa shape index (κ2) is 2.24. The molecule has 1 heterocycles. The summed E-state index contributed by atoms with van der Waals surface area (Å²) >= 11 is 0. The van der Waals surface area contributed by atoms with E-state index < -0.39 is 0 Å². The van der Waals surface area contributed by atoms with Gasteiger partial charge in [-0.2, -0.15) is 0 Å². The summed E-state index contributed by atoms with van der Waals surface area (Å²) in [6, 6.07) is 0. The molecular formula is C10H20N2. The van der Waals surface area contributed by atoms with E-state index in [9.17, 15) is 0 Å². The molecule has 0 radical (unpaired) electrons. The maximum absolute atomic E-state index is 6.25.